The van der Waals surface area contributed by atoms with E-state index in [2.05, 4.69) is 9.88 Å². The summed E-state index contributed by atoms with van der Waals surface area (Å²) in [6.45, 7) is 2.05. The maximum Gasteiger partial charge on any atom is 0.417 e. The van der Waals surface area contributed by atoms with Gasteiger partial charge in [-0.3, -0.25) is 4.98 Å². The zero-order valence-corrected chi connectivity index (χ0v) is 10.9. The number of hydrogen-bond donors (Lipinski definition) is 2. The molecule has 102 valence electrons. The normalized spacial score (nSPS) is 17.4. The summed E-state index contributed by atoms with van der Waals surface area (Å²) in [5.74, 6) is -0.431. The first-order valence-corrected chi connectivity index (χ1v) is 6.91. The highest BCUT2D eigenvalue weighted by Crippen LogP contribution is 2.29. The van der Waals surface area contributed by atoms with Crippen LogP contribution < -0.4 is 16.4 Å². The quantitative estimate of drug-likeness (QED) is 0.773. The van der Waals surface area contributed by atoms with E-state index in [4.69, 9.17) is 10.2 Å². The number of aromatic amines is 1. The molecule has 5 nitrogen and oxygen atoms in total. The third-order valence-electron chi connectivity index (χ3n) is 3.77. The molecule has 2 heterocycles. The summed E-state index contributed by atoms with van der Waals surface area (Å²) in [6.07, 6.45) is 6.28. The van der Waals surface area contributed by atoms with E-state index in [1.54, 1.807) is 6.07 Å². The Bertz CT molecular complexity index is 621. The van der Waals surface area contributed by atoms with Crippen molar-refractivity contribution in [3.8, 4) is 0 Å². The third-order valence-corrected chi connectivity index (χ3v) is 3.77. The fourth-order valence-electron chi connectivity index (χ4n) is 2.76. The maximum absolute atomic E-state index is 11.2. The molecule has 0 atom stereocenters. The summed E-state index contributed by atoms with van der Waals surface area (Å²) >= 11 is 0. The largest absolute Gasteiger partial charge is 0.417 e. The van der Waals surface area contributed by atoms with Crippen molar-refractivity contribution in [2.75, 3.05) is 23.7 Å². The van der Waals surface area contributed by atoms with Crippen LogP contribution in [0.25, 0.3) is 11.1 Å². The highest BCUT2D eigenvalue weighted by molar-refractivity contribution is 5.85. The first kappa shape index (κ1) is 12.1. The van der Waals surface area contributed by atoms with Crippen molar-refractivity contribution in [1.29, 1.82) is 0 Å². The molecule has 19 heavy (non-hydrogen) atoms. The van der Waals surface area contributed by atoms with Crippen molar-refractivity contribution < 1.29 is 4.42 Å². The fourth-order valence-corrected chi connectivity index (χ4v) is 2.76. The van der Waals surface area contributed by atoms with Crippen LogP contribution in [0.1, 0.15) is 32.1 Å². The number of H-pyrrole nitrogens is 1. The molecule has 0 bridgehead atoms. The van der Waals surface area contributed by atoms with Gasteiger partial charge in [0.2, 0.25) is 0 Å². The zero-order chi connectivity index (χ0) is 13.2. The maximum atomic E-state index is 11.2. The zero-order valence-electron chi connectivity index (χ0n) is 10.9. The molecule has 1 aliphatic heterocycles. The molecule has 2 aromatic rings. The first-order valence-electron chi connectivity index (χ1n) is 6.91. The van der Waals surface area contributed by atoms with Gasteiger partial charge < -0.3 is 15.1 Å². The second-order valence-electron chi connectivity index (χ2n) is 5.18. The summed E-state index contributed by atoms with van der Waals surface area (Å²) in [4.78, 5) is 16.2. The number of rotatable bonds is 1. The number of nitrogens with one attached hydrogen (secondary N) is 1. The van der Waals surface area contributed by atoms with E-state index in [0.717, 1.165) is 24.3 Å². The predicted octanol–water partition coefficient (Wildman–Crippen LogP) is 2.47. The molecule has 0 saturated carbocycles. The molecule has 1 aromatic carbocycles. The smallest absolute Gasteiger partial charge is 0.408 e. The van der Waals surface area contributed by atoms with E-state index in [0.29, 0.717) is 11.3 Å². The van der Waals surface area contributed by atoms with Crippen LogP contribution in [-0.2, 0) is 0 Å². The van der Waals surface area contributed by atoms with Gasteiger partial charge in [-0.1, -0.05) is 19.3 Å². The number of benzene rings is 1. The molecule has 0 aliphatic carbocycles. The standard InChI is InChI=1S/C14H19N3O2/c15-10-8-13-11(16-14(18)19-13)9-12(10)17-6-4-2-1-3-5-7-17/h8-9H,1-7,15H2,(H,16,18). The van der Waals surface area contributed by atoms with Gasteiger partial charge in [0, 0.05) is 19.2 Å². The Kier molecular flexibility index (Phi) is 3.19. The molecule has 0 spiro atoms. The summed E-state index contributed by atoms with van der Waals surface area (Å²) in [7, 11) is 0. The number of nitrogens with two attached hydrogens (primary N) is 1. The van der Waals surface area contributed by atoms with Gasteiger partial charge in [0.1, 0.15) is 0 Å². The molecular formula is C14H19N3O2. The van der Waals surface area contributed by atoms with Gasteiger partial charge in [0.05, 0.1) is 16.9 Å². The molecule has 0 amide bonds. The van der Waals surface area contributed by atoms with Crippen LogP contribution in [0.4, 0.5) is 11.4 Å². The first-order chi connectivity index (χ1) is 9.24. The Morgan fingerprint density at radius 2 is 1.79 bits per heavy atom. The van der Waals surface area contributed by atoms with E-state index in [1.165, 1.54) is 32.1 Å². The topological polar surface area (TPSA) is 75.3 Å². The fraction of sp³-hybridized carbons (Fsp3) is 0.500. The number of anilines is 2. The van der Waals surface area contributed by atoms with Gasteiger partial charge in [-0.25, -0.2) is 4.79 Å². The number of fused-ring (bicyclic) bond motifs is 1. The van der Waals surface area contributed by atoms with Crippen molar-refractivity contribution in [3.05, 3.63) is 22.7 Å². The summed E-state index contributed by atoms with van der Waals surface area (Å²) < 4.78 is 5.03. The van der Waals surface area contributed by atoms with E-state index < -0.39 is 5.76 Å². The number of oxazole rings is 1. The monoisotopic (exact) mass is 261 g/mol. The van der Waals surface area contributed by atoms with Crippen molar-refractivity contribution in [2.45, 2.75) is 32.1 Å². The molecular weight excluding hydrogens is 242 g/mol. The lowest BCUT2D eigenvalue weighted by Gasteiger charge is -2.27. The van der Waals surface area contributed by atoms with E-state index in [9.17, 15) is 4.79 Å². The Morgan fingerprint density at radius 1 is 1.11 bits per heavy atom. The van der Waals surface area contributed by atoms with Crippen LogP contribution in [0.5, 0.6) is 0 Å². The molecule has 5 heteroatoms. The lowest BCUT2D eigenvalue weighted by atomic mass is 10.1. The van der Waals surface area contributed by atoms with E-state index >= 15 is 0 Å². The molecule has 1 fully saturated rings. The van der Waals surface area contributed by atoms with Crippen LogP contribution in [0.2, 0.25) is 0 Å². The lowest BCUT2D eigenvalue weighted by Crippen LogP contribution is -2.27. The molecule has 0 radical (unpaired) electrons. The number of nitrogens with zero attached hydrogens (tertiary/aromatic N) is 1. The van der Waals surface area contributed by atoms with Gasteiger partial charge >= 0.3 is 5.76 Å². The van der Waals surface area contributed by atoms with Crippen LogP contribution >= 0.6 is 0 Å². The number of aromatic nitrogens is 1. The average molecular weight is 261 g/mol. The Hall–Kier alpha value is -1.91. The Morgan fingerprint density at radius 3 is 2.53 bits per heavy atom. The van der Waals surface area contributed by atoms with Crippen LogP contribution in [-0.4, -0.2) is 18.1 Å². The second kappa shape index (κ2) is 4.99. The van der Waals surface area contributed by atoms with Crippen molar-refractivity contribution in [3.63, 3.8) is 0 Å². The second-order valence-corrected chi connectivity index (χ2v) is 5.18. The molecule has 1 aliphatic rings. The Balaban J connectivity index is 1.97. The van der Waals surface area contributed by atoms with E-state index in [1.807, 2.05) is 6.07 Å². The molecule has 0 unspecified atom stereocenters. The minimum Gasteiger partial charge on any atom is -0.408 e. The number of nitrogen functional groups attached to an aromatic ring is 1. The van der Waals surface area contributed by atoms with Gasteiger partial charge in [0.25, 0.3) is 0 Å². The van der Waals surface area contributed by atoms with Gasteiger partial charge in [-0.15, -0.1) is 0 Å². The number of hydrogen-bond acceptors (Lipinski definition) is 4. The molecule has 1 saturated heterocycles. The summed E-state index contributed by atoms with van der Waals surface area (Å²) in [5.41, 5.74) is 9.03. The van der Waals surface area contributed by atoms with Crippen LogP contribution in [0.3, 0.4) is 0 Å². The summed E-state index contributed by atoms with van der Waals surface area (Å²) in [5, 5.41) is 0. The minimum atomic E-state index is -0.431. The van der Waals surface area contributed by atoms with Gasteiger partial charge in [0.15, 0.2) is 5.58 Å². The average Bonchev–Trinajstić information content (AvgIpc) is 2.67. The Labute approximate surface area is 111 Å². The molecule has 3 rings (SSSR count). The van der Waals surface area contributed by atoms with Gasteiger partial charge in [-0.05, 0) is 18.9 Å². The van der Waals surface area contributed by atoms with Crippen molar-refractivity contribution in [1.82, 2.24) is 4.98 Å². The van der Waals surface area contributed by atoms with Crippen molar-refractivity contribution in [2.24, 2.45) is 0 Å². The summed E-state index contributed by atoms with van der Waals surface area (Å²) in [6, 6.07) is 3.67. The van der Waals surface area contributed by atoms with E-state index in [-0.39, 0.29) is 0 Å². The van der Waals surface area contributed by atoms with Gasteiger partial charge in [-0.2, -0.15) is 0 Å². The predicted molar refractivity (Wildman–Crippen MR) is 76.5 cm³/mol. The molecule has 1 aromatic heterocycles. The van der Waals surface area contributed by atoms with Crippen LogP contribution in [0, 0.1) is 0 Å². The SMILES string of the molecule is Nc1cc2oc(=O)[nH]c2cc1N1CCCCCCC1. The minimum absolute atomic E-state index is 0.431. The lowest BCUT2D eigenvalue weighted by molar-refractivity contribution is 0.554. The van der Waals surface area contributed by atoms with Crippen molar-refractivity contribution >= 4 is 22.5 Å². The highest BCUT2D eigenvalue weighted by atomic mass is 16.4. The highest BCUT2D eigenvalue weighted by Gasteiger charge is 2.14. The third kappa shape index (κ3) is 2.45. The molecule has 3 N–H and O–H groups in total. The van der Waals surface area contributed by atoms with Crippen LogP contribution in [0.15, 0.2) is 21.3 Å².